The summed E-state index contributed by atoms with van der Waals surface area (Å²) in [6.45, 7) is 0. The maximum Gasteiger partial charge on any atom is 0.292 e. The molecule has 0 bridgehead atoms. The second-order valence-electron chi connectivity index (χ2n) is 5.86. The maximum atomic E-state index is 12.5. The number of benzene rings is 1. The molecule has 4 rings (SSSR count). The fraction of sp³-hybridized carbons (Fsp3) is 0.176. The minimum Gasteiger partial charge on any atom is -0.266 e. The van der Waals surface area contributed by atoms with Crippen LogP contribution in [0.5, 0.6) is 0 Å². The minimum absolute atomic E-state index is 0.240. The highest BCUT2D eigenvalue weighted by Gasteiger charge is 2.34. The first-order chi connectivity index (χ1) is 12.6. The third-order valence-electron chi connectivity index (χ3n) is 3.97. The number of carbonyl (C=O) groups is 2. The summed E-state index contributed by atoms with van der Waals surface area (Å²) >= 11 is 4.59. The molecule has 0 spiro atoms. The van der Waals surface area contributed by atoms with Gasteiger partial charge in [-0.2, -0.15) is 0 Å². The van der Waals surface area contributed by atoms with Gasteiger partial charge in [-0.05, 0) is 53.0 Å². The molecule has 132 valence electrons. The Morgan fingerprint density at radius 2 is 1.81 bits per heavy atom. The molecule has 3 aromatic rings. The molecule has 0 unspecified atom stereocenters. The van der Waals surface area contributed by atoms with Gasteiger partial charge in [0.05, 0.1) is 20.0 Å². The van der Waals surface area contributed by atoms with Crippen molar-refractivity contribution >= 4 is 39.1 Å². The zero-order valence-electron chi connectivity index (χ0n) is 13.5. The van der Waals surface area contributed by atoms with Crippen molar-refractivity contribution in [2.24, 2.45) is 0 Å². The first kappa shape index (κ1) is 16.9. The predicted molar refractivity (Wildman–Crippen MR) is 100 cm³/mol. The molecule has 2 heterocycles. The Kier molecular flexibility index (Phi) is 4.56. The highest BCUT2D eigenvalue weighted by molar-refractivity contribution is 9.11. The fourth-order valence-electron chi connectivity index (χ4n) is 2.60. The average Bonchev–Trinajstić information content (AvgIpc) is 3.24. The molecule has 1 saturated carbocycles. The smallest absolute Gasteiger partial charge is 0.266 e. The molecule has 26 heavy (non-hydrogen) atoms. The Hall–Kier alpha value is -2.52. The molecule has 1 aliphatic carbocycles. The molecule has 0 aliphatic heterocycles. The predicted octanol–water partition coefficient (Wildman–Crippen LogP) is 3.04. The number of hydrogen-bond acceptors (Lipinski definition) is 5. The number of halogens is 1. The van der Waals surface area contributed by atoms with Crippen LogP contribution in [-0.2, 0) is 0 Å². The number of nitrogens with one attached hydrogen (secondary N) is 2. The topological polar surface area (TPSA) is 88.9 Å². The molecule has 1 aromatic carbocycles. The van der Waals surface area contributed by atoms with Crippen molar-refractivity contribution in [1.29, 1.82) is 0 Å². The van der Waals surface area contributed by atoms with E-state index in [-0.39, 0.29) is 17.5 Å². The molecule has 2 amide bonds. The van der Waals surface area contributed by atoms with Crippen molar-refractivity contribution in [3.8, 4) is 5.69 Å². The SMILES string of the molecule is O=C(NNC(=O)c1nnn(-c2ccccc2)c1C1CC1)c1ccc(Br)s1. The number of aromatic nitrogens is 3. The van der Waals surface area contributed by atoms with Crippen LogP contribution in [0.15, 0.2) is 46.3 Å². The molecule has 1 fully saturated rings. The lowest BCUT2D eigenvalue weighted by molar-refractivity contribution is 0.0845. The van der Waals surface area contributed by atoms with Crippen LogP contribution in [0.25, 0.3) is 5.69 Å². The first-order valence-corrected chi connectivity index (χ1v) is 9.61. The fourth-order valence-corrected chi connectivity index (χ4v) is 3.89. The van der Waals surface area contributed by atoms with E-state index in [2.05, 4.69) is 37.1 Å². The normalized spacial score (nSPS) is 13.4. The number of nitrogens with zero attached hydrogens (tertiary/aromatic N) is 3. The van der Waals surface area contributed by atoms with Gasteiger partial charge in [-0.3, -0.25) is 20.4 Å². The van der Waals surface area contributed by atoms with Gasteiger partial charge in [-0.15, -0.1) is 16.4 Å². The molecule has 7 nitrogen and oxygen atoms in total. The van der Waals surface area contributed by atoms with Crippen molar-refractivity contribution in [2.75, 3.05) is 0 Å². The zero-order chi connectivity index (χ0) is 18.1. The zero-order valence-corrected chi connectivity index (χ0v) is 15.9. The molecule has 0 atom stereocenters. The standard InChI is InChI=1S/C17H14BrN5O2S/c18-13-9-8-12(26-13)16(24)20-21-17(25)14-15(10-6-7-10)23(22-19-14)11-4-2-1-3-5-11/h1-5,8-10H,6-7H2,(H,20,24)(H,21,25). The van der Waals surface area contributed by atoms with Gasteiger partial charge in [-0.25, -0.2) is 4.68 Å². The Labute approximate surface area is 161 Å². The number of hydrogen-bond donors (Lipinski definition) is 2. The molecule has 0 saturated heterocycles. The summed E-state index contributed by atoms with van der Waals surface area (Å²) in [6.07, 6.45) is 1.99. The number of rotatable bonds is 4. The summed E-state index contributed by atoms with van der Waals surface area (Å²) in [6, 6.07) is 13.0. The maximum absolute atomic E-state index is 12.5. The number of carbonyl (C=O) groups excluding carboxylic acids is 2. The van der Waals surface area contributed by atoms with Crippen molar-refractivity contribution in [1.82, 2.24) is 25.8 Å². The third kappa shape index (κ3) is 3.40. The second kappa shape index (κ2) is 7.00. The Balaban J connectivity index is 1.53. The van der Waals surface area contributed by atoms with E-state index in [4.69, 9.17) is 0 Å². The molecule has 2 aromatic heterocycles. The lowest BCUT2D eigenvalue weighted by Gasteiger charge is -2.08. The number of thiophene rings is 1. The highest BCUT2D eigenvalue weighted by Crippen LogP contribution is 2.41. The van der Waals surface area contributed by atoms with E-state index in [1.807, 2.05) is 30.3 Å². The monoisotopic (exact) mass is 431 g/mol. The van der Waals surface area contributed by atoms with Gasteiger partial charge in [0.25, 0.3) is 11.8 Å². The van der Waals surface area contributed by atoms with Gasteiger partial charge >= 0.3 is 0 Å². The molecule has 0 radical (unpaired) electrons. The van der Waals surface area contributed by atoms with E-state index in [9.17, 15) is 9.59 Å². The number of amides is 2. The van der Waals surface area contributed by atoms with Crippen molar-refractivity contribution < 1.29 is 9.59 Å². The quantitative estimate of drug-likeness (QED) is 0.621. The van der Waals surface area contributed by atoms with Crippen LogP contribution >= 0.6 is 27.3 Å². The summed E-state index contributed by atoms with van der Waals surface area (Å²) in [5, 5.41) is 8.20. The van der Waals surface area contributed by atoms with Crippen LogP contribution in [-0.4, -0.2) is 26.8 Å². The van der Waals surface area contributed by atoms with Crippen LogP contribution < -0.4 is 10.9 Å². The van der Waals surface area contributed by atoms with Crippen LogP contribution in [0.3, 0.4) is 0 Å². The largest absolute Gasteiger partial charge is 0.292 e. The van der Waals surface area contributed by atoms with E-state index in [1.165, 1.54) is 11.3 Å². The van der Waals surface area contributed by atoms with Crippen LogP contribution in [0.1, 0.15) is 44.6 Å². The summed E-state index contributed by atoms with van der Waals surface area (Å²) in [7, 11) is 0. The summed E-state index contributed by atoms with van der Waals surface area (Å²) < 4.78 is 2.54. The van der Waals surface area contributed by atoms with Gasteiger partial charge in [0, 0.05) is 5.92 Å². The molecule has 1 aliphatic rings. The average molecular weight is 432 g/mol. The lowest BCUT2D eigenvalue weighted by atomic mass is 10.2. The van der Waals surface area contributed by atoms with Crippen LogP contribution in [0, 0.1) is 0 Å². The van der Waals surface area contributed by atoms with E-state index in [0.29, 0.717) is 4.88 Å². The Morgan fingerprint density at radius 1 is 1.08 bits per heavy atom. The number of para-hydroxylation sites is 1. The number of hydrazine groups is 1. The van der Waals surface area contributed by atoms with Gasteiger partial charge < -0.3 is 0 Å². The lowest BCUT2D eigenvalue weighted by Crippen LogP contribution is -2.41. The van der Waals surface area contributed by atoms with Crippen molar-refractivity contribution in [2.45, 2.75) is 18.8 Å². The van der Waals surface area contributed by atoms with E-state index >= 15 is 0 Å². The summed E-state index contributed by atoms with van der Waals surface area (Å²) in [5.41, 5.74) is 6.73. The van der Waals surface area contributed by atoms with E-state index in [1.54, 1.807) is 16.8 Å². The van der Waals surface area contributed by atoms with E-state index in [0.717, 1.165) is 28.0 Å². The Morgan fingerprint density at radius 3 is 2.46 bits per heavy atom. The third-order valence-corrected chi connectivity index (χ3v) is 5.59. The summed E-state index contributed by atoms with van der Waals surface area (Å²) in [4.78, 5) is 25.1. The second-order valence-corrected chi connectivity index (χ2v) is 8.32. The Bertz CT molecular complexity index is 965. The van der Waals surface area contributed by atoms with Crippen LogP contribution in [0.4, 0.5) is 0 Å². The van der Waals surface area contributed by atoms with Gasteiger partial charge in [0.2, 0.25) is 0 Å². The van der Waals surface area contributed by atoms with Gasteiger partial charge in [0.15, 0.2) is 5.69 Å². The van der Waals surface area contributed by atoms with E-state index < -0.39 is 5.91 Å². The van der Waals surface area contributed by atoms with Crippen molar-refractivity contribution in [3.63, 3.8) is 0 Å². The first-order valence-electron chi connectivity index (χ1n) is 8.00. The molecular formula is C17H14BrN5O2S. The minimum atomic E-state index is -0.474. The molecule has 2 N–H and O–H groups in total. The summed E-state index contributed by atoms with van der Waals surface area (Å²) in [5.74, 6) is -0.592. The van der Waals surface area contributed by atoms with Gasteiger partial charge in [-0.1, -0.05) is 23.4 Å². The highest BCUT2D eigenvalue weighted by atomic mass is 79.9. The van der Waals surface area contributed by atoms with Crippen molar-refractivity contribution in [3.05, 3.63) is 62.5 Å². The van der Waals surface area contributed by atoms with Gasteiger partial charge in [0.1, 0.15) is 0 Å². The van der Waals surface area contributed by atoms with Crippen LogP contribution in [0.2, 0.25) is 0 Å². The molecular weight excluding hydrogens is 418 g/mol. The molecule has 9 heteroatoms.